The fourth-order valence-corrected chi connectivity index (χ4v) is 2.42. The third-order valence-corrected chi connectivity index (χ3v) is 4.06. The maximum absolute atomic E-state index is 12.6. The van der Waals surface area contributed by atoms with Gasteiger partial charge in [0, 0.05) is 0 Å². The average Bonchev–Trinajstić information content (AvgIpc) is 2.63. The number of carbonyl (C=O) groups excluding carboxylic acids is 3. The molecule has 0 unspecified atom stereocenters. The van der Waals surface area contributed by atoms with Gasteiger partial charge in [0.15, 0.2) is 0 Å². The smallest absolute Gasteiger partial charge is 0.326 e. The summed E-state index contributed by atoms with van der Waals surface area (Å²) in [5, 5.41) is 33.2. The standard InChI is InChI=1S/C17H29N5O9/c1-7(2)13(22-14(27)8(19)5-11(23)24)16(29)20-9(3-4-18)15(28)21-10(17(30)31)6-12(25)26/h7-10,13H,3-6,18-19H2,1-2H3,(H,20,29)(H,21,28)(H,22,27)(H,23,24)(H,25,26)(H,30,31)/t8-,9-,10-,13-/m0/s1. The van der Waals surface area contributed by atoms with Crippen molar-refractivity contribution in [3.8, 4) is 0 Å². The first-order chi connectivity index (χ1) is 14.3. The van der Waals surface area contributed by atoms with Crippen LogP contribution in [0.25, 0.3) is 0 Å². The monoisotopic (exact) mass is 447 g/mol. The Morgan fingerprint density at radius 3 is 1.71 bits per heavy atom. The van der Waals surface area contributed by atoms with Crippen molar-refractivity contribution in [1.82, 2.24) is 16.0 Å². The van der Waals surface area contributed by atoms with Gasteiger partial charge in [0.25, 0.3) is 0 Å². The predicted octanol–water partition coefficient (Wildman–Crippen LogP) is -3.19. The van der Waals surface area contributed by atoms with E-state index in [0.717, 1.165) is 0 Å². The third kappa shape index (κ3) is 10.4. The number of nitrogens with two attached hydrogens (primary N) is 2. The highest BCUT2D eigenvalue weighted by molar-refractivity contribution is 5.95. The number of rotatable bonds is 14. The van der Waals surface area contributed by atoms with Crippen molar-refractivity contribution < 1.29 is 44.1 Å². The van der Waals surface area contributed by atoms with Crippen molar-refractivity contribution in [3.05, 3.63) is 0 Å². The van der Waals surface area contributed by atoms with E-state index in [4.69, 9.17) is 26.8 Å². The van der Waals surface area contributed by atoms with E-state index in [1.54, 1.807) is 13.8 Å². The van der Waals surface area contributed by atoms with Gasteiger partial charge >= 0.3 is 17.9 Å². The maximum Gasteiger partial charge on any atom is 0.326 e. The summed E-state index contributed by atoms with van der Waals surface area (Å²) in [5.41, 5.74) is 10.9. The van der Waals surface area contributed by atoms with Gasteiger partial charge in [-0.1, -0.05) is 13.8 Å². The van der Waals surface area contributed by atoms with Crippen LogP contribution in [0.3, 0.4) is 0 Å². The molecule has 0 bridgehead atoms. The van der Waals surface area contributed by atoms with Gasteiger partial charge in [0.05, 0.1) is 18.9 Å². The zero-order chi connectivity index (χ0) is 24.3. The number of hydrogen-bond donors (Lipinski definition) is 8. The lowest BCUT2D eigenvalue weighted by molar-refractivity contribution is -0.147. The van der Waals surface area contributed by atoms with E-state index in [0.29, 0.717) is 0 Å². The van der Waals surface area contributed by atoms with Gasteiger partial charge in [-0.25, -0.2) is 4.79 Å². The van der Waals surface area contributed by atoms with Gasteiger partial charge in [0.1, 0.15) is 18.1 Å². The number of hydrogen-bond acceptors (Lipinski definition) is 8. The van der Waals surface area contributed by atoms with E-state index in [1.165, 1.54) is 0 Å². The molecule has 0 heterocycles. The molecule has 0 aromatic heterocycles. The minimum Gasteiger partial charge on any atom is -0.481 e. The molecule has 0 spiro atoms. The molecule has 0 aromatic rings. The van der Waals surface area contributed by atoms with Crippen LogP contribution in [0.5, 0.6) is 0 Å². The van der Waals surface area contributed by atoms with Crippen molar-refractivity contribution in [2.24, 2.45) is 17.4 Å². The molecule has 0 aromatic carbocycles. The van der Waals surface area contributed by atoms with Crippen molar-refractivity contribution in [1.29, 1.82) is 0 Å². The molecule has 0 aliphatic carbocycles. The van der Waals surface area contributed by atoms with Gasteiger partial charge < -0.3 is 42.7 Å². The normalized spacial score (nSPS) is 14.6. The first kappa shape index (κ1) is 27.7. The van der Waals surface area contributed by atoms with Crippen molar-refractivity contribution in [3.63, 3.8) is 0 Å². The quantitative estimate of drug-likeness (QED) is 0.132. The first-order valence-corrected chi connectivity index (χ1v) is 9.33. The number of aliphatic carboxylic acids is 3. The van der Waals surface area contributed by atoms with Crippen molar-refractivity contribution >= 4 is 35.6 Å². The number of carbonyl (C=O) groups is 6. The second kappa shape index (κ2) is 13.1. The van der Waals surface area contributed by atoms with Gasteiger partial charge in [-0.15, -0.1) is 0 Å². The van der Waals surface area contributed by atoms with Crippen LogP contribution in [0.2, 0.25) is 0 Å². The minimum atomic E-state index is -1.73. The summed E-state index contributed by atoms with van der Waals surface area (Å²) in [6, 6.07) is -5.62. The molecule has 0 aliphatic rings. The van der Waals surface area contributed by atoms with Crippen LogP contribution in [0.4, 0.5) is 0 Å². The van der Waals surface area contributed by atoms with Crippen LogP contribution in [0.1, 0.15) is 33.1 Å². The summed E-state index contributed by atoms with van der Waals surface area (Å²) in [7, 11) is 0. The maximum atomic E-state index is 12.6. The third-order valence-electron chi connectivity index (χ3n) is 4.06. The molecule has 0 saturated carbocycles. The molecule has 3 amide bonds. The molecule has 14 heteroatoms. The van der Waals surface area contributed by atoms with E-state index in [-0.39, 0.29) is 13.0 Å². The summed E-state index contributed by atoms with van der Waals surface area (Å²) in [5.74, 6) is -7.49. The van der Waals surface area contributed by atoms with Crippen LogP contribution in [-0.2, 0) is 28.8 Å². The van der Waals surface area contributed by atoms with Crippen LogP contribution in [-0.4, -0.2) is 81.7 Å². The molecule has 4 atom stereocenters. The molecule has 176 valence electrons. The van der Waals surface area contributed by atoms with E-state index in [9.17, 15) is 28.8 Å². The Balaban J connectivity index is 5.32. The van der Waals surface area contributed by atoms with E-state index < -0.39 is 78.6 Å². The molecular weight excluding hydrogens is 418 g/mol. The molecule has 0 rings (SSSR count). The molecule has 31 heavy (non-hydrogen) atoms. The molecule has 0 aliphatic heterocycles. The van der Waals surface area contributed by atoms with Crippen LogP contribution >= 0.6 is 0 Å². The average molecular weight is 447 g/mol. The Kier molecular flexibility index (Phi) is 11.7. The largest absolute Gasteiger partial charge is 0.481 e. The second-order valence-electron chi connectivity index (χ2n) is 7.07. The highest BCUT2D eigenvalue weighted by Crippen LogP contribution is 2.05. The number of nitrogens with one attached hydrogen (secondary N) is 3. The zero-order valence-electron chi connectivity index (χ0n) is 17.2. The number of carboxylic acids is 3. The van der Waals surface area contributed by atoms with Crippen molar-refractivity contribution in [2.75, 3.05) is 6.54 Å². The lowest BCUT2D eigenvalue weighted by Gasteiger charge is -2.26. The van der Waals surface area contributed by atoms with Crippen LogP contribution in [0, 0.1) is 5.92 Å². The molecule has 10 N–H and O–H groups in total. The van der Waals surface area contributed by atoms with Crippen molar-refractivity contribution in [2.45, 2.75) is 57.3 Å². The topological polar surface area (TPSA) is 251 Å². The molecule has 0 fully saturated rings. The zero-order valence-corrected chi connectivity index (χ0v) is 17.2. The Bertz CT molecular complexity index is 697. The minimum absolute atomic E-state index is 0.0722. The Morgan fingerprint density at radius 2 is 1.29 bits per heavy atom. The fourth-order valence-electron chi connectivity index (χ4n) is 2.42. The molecule has 14 nitrogen and oxygen atoms in total. The van der Waals surface area contributed by atoms with E-state index in [2.05, 4.69) is 10.6 Å². The lowest BCUT2D eigenvalue weighted by Crippen LogP contribution is -2.58. The molecule has 0 saturated heterocycles. The van der Waals surface area contributed by atoms with Gasteiger partial charge in [-0.05, 0) is 18.9 Å². The van der Waals surface area contributed by atoms with Gasteiger partial charge in [-0.2, -0.15) is 0 Å². The number of amides is 3. The Morgan fingerprint density at radius 1 is 0.774 bits per heavy atom. The SMILES string of the molecule is CC(C)[C@H](NC(=O)[C@@H](N)CC(=O)O)C(=O)N[C@@H](CCN)C(=O)N[C@@H](CC(=O)O)C(=O)O. The summed E-state index contributed by atoms with van der Waals surface area (Å²) >= 11 is 0. The Labute approximate surface area is 177 Å². The first-order valence-electron chi connectivity index (χ1n) is 9.33. The predicted molar refractivity (Wildman–Crippen MR) is 104 cm³/mol. The van der Waals surface area contributed by atoms with E-state index in [1.807, 2.05) is 5.32 Å². The molecular formula is C17H29N5O9. The Hall–Kier alpha value is -3.26. The summed E-state index contributed by atoms with van der Waals surface area (Å²) < 4.78 is 0. The highest BCUT2D eigenvalue weighted by Gasteiger charge is 2.32. The van der Waals surface area contributed by atoms with Crippen LogP contribution in [0.15, 0.2) is 0 Å². The van der Waals surface area contributed by atoms with Crippen LogP contribution < -0.4 is 27.4 Å². The lowest BCUT2D eigenvalue weighted by atomic mass is 10.0. The van der Waals surface area contributed by atoms with Gasteiger partial charge in [-0.3, -0.25) is 24.0 Å². The van der Waals surface area contributed by atoms with Gasteiger partial charge in [0.2, 0.25) is 17.7 Å². The summed E-state index contributed by atoms with van der Waals surface area (Å²) in [6.45, 7) is 3.09. The second-order valence-corrected chi connectivity index (χ2v) is 7.07. The number of carboxylic acid groups (broad SMARTS) is 3. The highest BCUT2D eigenvalue weighted by atomic mass is 16.4. The van der Waals surface area contributed by atoms with E-state index >= 15 is 0 Å². The molecule has 0 radical (unpaired) electrons. The summed E-state index contributed by atoms with van der Waals surface area (Å²) in [4.78, 5) is 69.7. The fraction of sp³-hybridized carbons (Fsp3) is 0.647. The summed E-state index contributed by atoms with van der Waals surface area (Å²) in [6.07, 6.45) is -1.64.